The Morgan fingerprint density at radius 1 is 1.24 bits per heavy atom. The topological polar surface area (TPSA) is 76.4 Å². The zero-order valence-corrected chi connectivity index (χ0v) is 13.6. The molecule has 5 nitrogen and oxygen atoms in total. The molecule has 9 heteroatoms. The second-order valence-corrected chi connectivity index (χ2v) is 7.50. The molecule has 0 saturated heterocycles. The maximum atomic E-state index is 12.2. The fourth-order valence-electron chi connectivity index (χ4n) is 1.46. The average molecular weight is 364 g/mol. The van der Waals surface area contributed by atoms with Crippen LogP contribution in [-0.4, -0.2) is 15.5 Å². The number of hydrogen-bond donors (Lipinski definition) is 0. The zero-order valence-electron chi connectivity index (χ0n) is 10.5. The minimum Gasteiger partial charge on any atom is -0.493 e. The summed E-state index contributed by atoms with van der Waals surface area (Å²) >= 11 is 12.5. The Kier molecular flexibility index (Phi) is 4.64. The number of ether oxygens (including phenoxy) is 1. The van der Waals surface area contributed by atoms with E-state index in [1.807, 2.05) is 6.07 Å². The van der Waals surface area contributed by atoms with Crippen LogP contribution in [-0.2, 0) is 10.1 Å². The Balaban J connectivity index is 2.42. The number of hydrogen-bond acceptors (Lipinski definition) is 6. The lowest BCUT2D eigenvalue weighted by molar-refractivity contribution is 0.390. The smallest absolute Gasteiger partial charge is 0.341 e. The van der Waals surface area contributed by atoms with Crippen molar-refractivity contribution in [3.8, 4) is 17.6 Å². The van der Waals surface area contributed by atoms with Crippen molar-refractivity contribution in [2.75, 3.05) is 7.11 Å². The van der Waals surface area contributed by atoms with Crippen LogP contribution < -0.4 is 8.92 Å². The normalized spacial score (nSPS) is 11.0. The van der Waals surface area contributed by atoms with Gasteiger partial charge in [0.05, 0.1) is 23.1 Å². The molecule has 0 aliphatic heterocycles. The van der Waals surface area contributed by atoms with Gasteiger partial charge < -0.3 is 8.92 Å². The third-order valence-electron chi connectivity index (χ3n) is 2.39. The van der Waals surface area contributed by atoms with Gasteiger partial charge in [0.2, 0.25) is 0 Å². The van der Waals surface area contributed by atoms with E-state index >= 15 is 0 Å². The Hall–Kier alpha value is -1.46. The van der Waals surface area contributed by atoms with Gasteiger partial charge in [0, 0.05) is 6.07 Å². The molecule has 0 unspecified atom stereocenters. The third kappa shape index (κ3) is 3.41. The maximum Gasteiger partial charge on any atom is 0.341 e. The van der Waals surface area contributed by atoms with Gasteiger partial charge in [-0.2, -0.15) is 13.7 Å². The second-order valence-electron chi connectivity index (χ2n) is 3.70. The van der Waals surface area contributed by atoms with Gasteiger partial charge in [-0.05, 0) is 18.2 Å². The maximum absolute atomic E-state index is 12.2. The summed E-state index contributed by atoms with van der Waals surface area (Å²) in [6.45, 7) is 0. The summed E-state index contributed by atoms with van der Waals surface area (Å²) in [6, 6.07) is 7.23. The van der Waals surface area contributed by atoms with Crippen LogP contribution in [0.4, 0.5) is 0 Å². The molecule has 2 rings (SSSR count). The second kappa shape index (κ2) is 6.12. The molecule has 110 valence electrons. The van der Waals surface area contributed by atoms with Gasteiger partial charge in [-0.25, -0.2) is 0 Å². The van der Waals surface area contributed by atoms with Crippen LogP contribution in [0.5, 0.6) is 11.5 Å². The van der Waals surface area contributed by atoms with E-state index in [1.165, 1.54) is 31.4 Å². The molecule has 0 fully saturated rings. The van der Waals surface area contributed by atoms with Gasteiger partial charge in [0.1, 0.15) is 9.23 Å². The van der Waals surface area contributed by atoms with Crippen LogP contribution in [0.1, 0.15) is 5.56 Å². The number of thiophene rings is 1. The van der Waals surface area contributed by atoms with Crippen LogP contribution in [0, 0.1) is 11.3 Å². The Labute approximate surface area is 135 Å². The molecule has 0 saturated carbocycles. The van der Waals surface area contributed by atoms with E-state index in [2.05, 4.69) is 0 Å². The fraction of sp³-hybridized carbons (Fsp3) is 0.0833. The Morgan fingerprint density at radius 3 is 2.48 bits per heavy atom. The number of halogens is 2. The van der Waals surface area contributed by atoms with Gasteiger partial charge in [-0.3, -0.25) is 0 Å². The molecule has 0 amide bonds. The summed E-state index contributed by atoms with van der Waals surface area (Å²) in [6.07, 6.45) is 0. The SMILES string of the molecule is COc1cc(C#N)ccc1OS(=O)(=O)c1cc(Cl)sc1Cl. The summed E-state index contributed by atoms with van der Waals surface area (Å²) in [7, 11) is -2.81. The van der Waals surface area contributed by atoms with Gasteiger partial charge in [0.15, 0.2) is 11.5 Å². The van der Waals surface area contributed by atoms with Crippen LogP contribution in [0.3, 0.4) is 0 Å². The van der Waals surface area contributed by atoms with Gasteiger partial charge in [0.25, 0.3) is 0 Å². The van der Waals surface area contributed by atoms with Gasteiger partial charge in [-0.1, -0.05) is 23.2 Å². The first-order valence-corrected chi connectivity index (χ1v) is 8.33. The van der Waals surface area contributed by atoms with E-state index in [0.717, 1.165) is 11.3 Å². The summed E-state index contributed by atoms with van der Waals surface area (Å²) < 4.78 is 34.6. The highest BCUT2D eigenvalue weighted by Crippen LogP contribution is 2.37. The van der Waals surface area contributed by atoms with Crippen LogP contribution in [0.25, 0.3) is 0 Å². The molecule has 0 aliphatic rings. The molecular formula is C12H7Cl2NO4S2. The predicted octanol–water partition coefficient (Wildman–Crippen LogP) is 3.70. The van der Waals surface area contributed by atoms with Crippen LogP contribution in [0.2, 0.25) is 8.67 Å². The number of benzene rings is 1. The molecule has 1 aromatic carbocycles. The highest BCUT2D eigenvalue weighted by atomic mass is 35.5. The zero-order chi connectivity index (χ0) is 15.6. The first-order chi connectivity index (χ1) is 9.87. The first-order valence-electron chi connectivity index (χ1n) is 5.35. The molecular weight excluding hydrogens is 357 g/mol. The third-order valence-corrected chi connectivity index (χ3v) is 5.38. The lowest BCUT2D eigenvalue weighted by Gasteiger charge is -2.10. The van der Waals surface area contributed by atoms with E-state index < -0.39 is 10.1 Å². The molecule has 0 radical (unpaired) electrons. The predicted molar refractivity (Wildman–Crippen MR) is 79.9 cm³/mol. The van der Waals surface area contributed by atoms with E-state index in [4.69, 9.17) is 37.4 Å². The largest absolute Gasteiger partial charge is 0.493 e. The van der Waals surface area contributed by atoms with Gasteiger partial charge in [-0.15, -0.1) is 11.3 Å². The molecule has 0 bridgehead atoms. The summed E-state index contributed by atoms with van der Waals surface area (Å²) in [5.41, 5.74) is 0.313. The van der Waals surface area contributed by atoms with Crippen molar-refractivity contribution in [2.24, 2.45) is 0 Å². The molecule has 0 N–H and O–H groups in total. The Bertz CT molecular complexity index is 824. The van der Waals surface area contributed by atoms with Crippen molar-refractivity contribution < 1.29 is 17.3 Å². The lowest BCUT2D eigenvalue weighted by atomic mass is 10.2. The highest BCUT2D eigenvalue weighted by molar-refractivity contribution is 7.87. The number of methoxy groups -OCH3 is 1. The molecule has 0 aliphatic carbocycles. The number of nitriles is 1. The number of rotatable bonds is 4. The monoisotopic (exact) mass is 363 g/mol. The highest BCUT2D eigenvalue weighted by Gasteiger charge is 2.24. The minimum atomic E-state index is -4.14. The quantitative estimate of drug-likeness (QED) is 0.773. The Morgan fingerprint density at radius 2 is 1.95 bits per heavy atom. The summed E-state index contributed by atoms with van der Waals surface area (Å²) in [5, 5.41) is 8.80. The van der Waals surface area contributed by atoms with E-state index in [1.54, 1.807) is 0 Å². The molecule has 21 heavy (non-hydrogen) atoms. The standard InChI is InChI=1S/C12H7Cl2NO4S2/c1-18-9-4-7(6-15)2-3-8(9)19-21(16,17)10-5-11(13)20-12(10)14/h2-5H,1H3. The van der Waals surface area contributed by atoms with Crippen molar-refractivity contribution >= 4 is 44.7 Å². The molecule has 1 heterocycles. The van der Waals surface area contributed by atoms with Crippen molar-refractivity contribution in [1.82, 2.24) is 0 Å². The summed E-state index contributed by atoms with van der Waals surface area (Å²) in [4.78, 5) is -0.217. The van der Waals surface area contributed by atoms with Crippen LogP contribution >= 0.6 is 34.5 Å². The molecule has 0 spiro atoms. The van der Waals surface area contributed by atoms with E-state index in [0.29, 0.717) is 5.56 Å². The van der Waals surface area contributed by atoms with Crippen LogP contribution in [0.15, 0.2) is 29.2 Å². The lowest BCUT2D eigenvalue weighted by Crippen LogP contribution is -2.10. The molecule has 1 aromatic heterocycles. The van der Waals surface area contributed by atoms with Gasteiger partial charge >= 0.3 is 10.1 Å². The molecule has 0 atom stereocenters. The van der Waals surface area contributed by atoms with E-state index in [-0.39, 0.29) is 25.1 Å². The average Bonchev–Trinajstić information content (AvgIpc) is 2.78. The molecule has 2 aromatic rings. The van der Waals surface area contributed by atoms with Crippen molar-refractivity contribution in [2.45, 2.75) is 4.90 Å². The van der Waals surface area contributed by atoms with Crippen molar-refractivity contribution in [3.05, 3.63) is 38.5 Å². The minimum absolute atomic E-state index is 0.00705. The van der Waals surface area contributed by atoms with Crippen molar-refractivity contribution in [3.63, 3.8) is 0 Å². The summed E-state index contributed by atoms with van der Waals surface area (Å²) in [5.74, 6) is 0.0740. The fourth-order valence-corrected chi connectivity index (χ4v) is 4.51. The van der Waals surface area contributed by atoms with E-state index in [9.17, 15) is 8.42 Å². The first kappa shape index (κ1) is 15.9. The number of nitrogens with zero attached hydrogens (tertiary/aromatic N) is 1. The van der Waals surface area contributed by atoms with Crippen molar-refractivity contribution in [1.29, 1.82) is 5.26 Å².